The predicted octanol–water partition coefficient (Wildman–Crippen LogP) is 1.85. The van der Waals surface area contributed by atoms with Gasteiger partial charge >= 0.3 is 0 Å². The Morgan fingerprint density at radius 1 is 1.26 bits per heavy atom. The van der Waals surface area contributed by atoms with E-state index in [0.29, 0.717) is 24.2 Å². The lowest BCUT2D eigenvalue weighted by Crippen LogP contribution is -2.37. The van der Waals surface area contributed by atoms with Gasteiger partial charge in [0, 0.05) is 17.2 Å². The summed E-state index contributed by atoms with van der Waals surface area (Å²) in [6, 6.07) is 4.36. The van der Waals surface area contributed by atoms with E-state index < -0.39 is 19.1 Å². The Bertz CT molecular complexity index is 697. The summed E-state index contributed by atoms with van der Waals surface area (Å²) in [6.45, 7) is 2.02. The van der Waals surface area contributed by atoms with Crippen molar-refractivity contribution in [1.82, 2.24) is 0 Å². The van der Waals surface area contributed by atoms with E-state index in [4.69, 9.17) is 10.7 Å². The van der Waals surface area contributed by atoms with Crippen LogP contribution < -0.4 is 4.31 Å². The molecule has 1 aliphatic heterocycles. The molecule has 0 aromatic heterocycles. The highest BCUT2D eigenvalue weighted by molar-refractivity contribution is 8.13. The molecular weight excluding hydrogens is 310 g/mol. The Morgan fingerprint density at radius 3 is 2.47 bits per heavy atom. The molecular formula is C11H14ClNO4S2. The van der Waals surface area contributed by atoms with Crippen LogP contribution in [-0.2, 0) is 19.1 Å². The first-order valence-electron chi connectivity index (χ1n) is 5.77. The molecule has 0 radical (unpaired) electrons. The van der Waals surface area contributed by atoms with Gasteiger partial charge in [0.15, 0.2) is 0 Å². The van der Waals surface area contributed by atoms with Crippen LogP contribution in [0.25, 0.3) is 0 Å². The van der Waals surface area contributed by atoms with E-state index in [2.05, 4.69) is 0 Å². The van der Waals surface area contributed by atoms with Crippen LogP contribution in [0, 0.1) is 6.92 Å². The van der Waals surface area contributed by atoms with Gasteiger partial charge in [-0.3, -0.25) is 4.31 Å². The van der Waals surface area contributed by atoms with Gasteiger partial charge in [-0.2, -0.15) is 0 Å². The molecule has 0 amide bonds. The van der Waals surface area contributed by atoms with Crippen LogP contribution in [0.4, 0.5) is 5.69 Å². The molecule has 0 saturated carbocycles. The molecule has 1 aliphatic rings. The molecule has 0 N–H and O–H groups in total. The molecule has 0 unspecified atom stereocenters. The van der Waals surface area contributed by atoms with Gasteiger partial charge < -0.3 is 0 Å². The van der Waals surface area contributed by atoms with Gasteiger partial charge in [0.25, 0.3) is 9.05 Å². The Hall–Kier alpha value is -0.790. The molecule has 0 aliphatic carbocycles. The first-order valence-corrected chi connectivity index (χ1v) is 9.69. The van der Waals surface area contributed by atoms with E-state index in [1.54, 1.807) is 6.92 Å². The third-order valence-corrected chi connectivity index (χ3v) is 6.41. The van der Waals surface area contributed by atoms with Crippen molar-refractivity contribution in [2.75, 3.05) is 16.6 Å². The van der Waals surface area contributed by atoms with Crippen LogP contribution in [0.3, 0.4) is 0 Å². The Morgan fingerprint density at radius 2 is 1.95 bits per heavy atom. The highest BCUT2D eigenvalue weighted by atomic mass is 35.7. The van der Waals surface area contributed by atoms with Crippen molar-refractivity contribution in [2.24, 2.45) is 0 Å². The average Bonchev–Trinajstić information content (AvgIpc) is 2.26. The molecule has 5 nitrogen and oxygen atoms in total. The minimum absolute atomic E-state index is 0.00678. The van der Waals surface area contributed by atoms with Crippen molar-refractivity contribution in [1.29, 1.82) is 0 Å². The molecule has 2 rings (SSSR count). The van der Waals surface area contributed by atoms with Crippen molar-refractivity contribution < 1.29 is 16.8 Å². The van der Waals surface area contributed by atoms with Crippen LogP contribution in [-0.4, -0.2) is 29.1 Å². The number of hydrogen-bond acceptors (Lipinski definition) is 4. The van der Waals surface area contributed by atoms with Gasteiger partial charge in [0.1, 0.15) is 0 Å². The topological polar surface area (TPSA) is 71.5 Å². The van der Waals surface area contributed by atoms with Gasteiger partial charge in [-0.1, -0.05) is 0 Å². The van der Waals surface area contributed by atoms with Gasteiger partial charge in [0.2, 0.25) is 10.0 Å². The van der Waals surface area contributed by atoms with Crippen LogP contribution >= 0.6 is 10.7 Å². The third kappa shape index (κ3) is 3.04. The second kappa shape index (κ2) is 4.96. The number of aryl methyl sites for hydroxylation is 1. The Balaban J connectivity index is 2.46. The van der Waals surface area contributed by atoms with Gasteiger partial charge in [0.05, 0.1) is 16.3 Å². The number of anilines is 1. The van der Waals surface area contributed by atoms with Crippen molar-refractivity contribution in [3.05, 3.63) is 23.8 Å². The lowest BCUT2D eigenvalue weighted by atomic mass is 10.2. The average molecular weight is 324 g/mol. The third-order valence-electron chi connectivity index (χ3n) is 3.06. The smallest absolute Gasteiger partial charge is 0.261 e. The molecule has 19 heavy (non-hydrogen) atoms. The van der Waals surface area contributed by atoms with Gasteiger partial charge in [-0.05, 0) is 43.5 Å². The van der Waals surface area contributed by atoms with Gasteiger partial charge in [-0.25, -0.2) is 16.8 Å². The zero-order chi connectivity index (χ0) is 14.3. The predicted molar refractivity (Wildman–Crippen MR) is 74.6 cm³/mol. The largest absolute Gasteiger partial charge is 0.270 e. The zero-order valence-electron chi connectivity index (χ0n) is 10.3. The quantitative estimate of drug-likeness (QED) is 0.779. The normalized spacial score (nSPS) is 19.4. The van der Waals surface area contributed by atoms with E-state index in [0.717, 1.165) is 6.42 Å². The number of halogens is 1. The summed E-state index contributed by atoms with van der Waals surface area (Å²) in [7, 11) is -1.80. The summed E-state index contributed by atoms with van der Waals surface area (Å²) in [5, 5.41) is 0. The summed E-state index contributed by atoms with van der Waals surface area (Å²) in [4.78, 5) is 0.00678. The lowest BCUT2D eigenvalue weighted by Gasteiger charge is -2.28. The Labute approximate surface area is 117 Å². The monoisotopic (exact) mass is 323 g/mol. The molecule has 1 aromatic rings. The minimum Gasteiger partial charge on any atom is -0.270 e. The van der Waals surface area contributed by atoms with Crippen LogP contribution in [0.2, 0.25) is 0 Å². The molecule has 8 heteroatoms. The fourth-order valence-electron chi connectivity index (χ4n) is 2.14. The fourth-order valence-corrected chi connectivity index (χ4v) is 4.97. The van der Waals surface area contributed by atoms with E-state index in [-0.39, 0.29) is 10.6 Å². The second-order valence-corrected chi connectivity index (χ2v) is 9.03. The molecule has 1 heterocycles. The molecule has 1 saturated heterocycles. The van der Waals surface area contributed by atoms with Crippen molar-refractivity contribution in [2.45, 2.75) is 24.7 Å². The molecule has 0 spiro atoms. The maximum Gasteiger partial charge on any atom is 0.261 e. The maximum absolute atomic E-state index is 12.0. The molecule has 0 bridgehead atoms. The van der Waals surface area contributed by atoms with E-state index >= 15 is 0 Å². The molecule has 0 atom stereocenters. The summed E-state index contributed by atoms with van der Waals surface area (Å²) in [5.41, 5.74) is 0.926. The number of hydrogen-bond donors (Lipinski definition) is 0. The number of benzene rings is 1. The molecule has 1 aromatic carbocycles. The first-order chi connectivity index (χ1) is 8.72. The number of nitrogens with zero attached hydrogens (tertiary/aromatic N) is 1. The van der Waals surface area contributed by atoms with Crippen molar-refractivity contribution >= 4 is 35.4 Å². The van der Waals surface area contributed by atoms with Crippen LogP contribution in [0.1, 0.15) is 18.4 Å². The molecule has 1 fully saturated rings. The highest BCUT2D eigenvalue weighted by Crippen LogP contribution is 2.28. The van der Waals surface area contributed by atoms with Crippen molar-refractivity contribution in [3.8, 4) is 0 Å². The first kappa shape index (κ1) is 14.6. The minimum atomic E-state index is -3.81. The molecule has 106 valence electrons. The number of sulfonamides is 1. The van der Waals surface area contributed by atoms with E-state index in [1.807, 2.05) is 0 Å². The SMILES string of the molecule is Cc1cc(N2CCCCS2(=O)=O)ccc1S(=O)(=O)Cl. The van der Waals surface area contributed by atoms with E-state index in [9.17, 15) is 16.8 Å². The standard InChI is InChI=1S/C11H14ClNO4S2/c1-9-8-10(4-5-11(9)19(12,16)17)13-6-2-3-7-18(13,14)15/h4-5,8H,2-3,6-7H2,1H3. The highest BCUT2D eigenvalue weighted by Gasteiger charge is 2.26. The maximum atomic E-state index is 12.0. The Kier molecular flexibility index (Phi) is 3.81. The van der Waals surface area contributed by atoms with Crippen LogP contribution in [0.15, 0.2) is 23.1 Å². The number of rotatable bonds is 2. The zero-order valence-corrected chi connectivity index (χ0v) is 12.7. The summed E-state index contributed by atoms with van der Waals surface area (Å²) in [6.07, 6.45) is 1.46. The lowest BCUT2D eigenvalue weighted by molar-refractivity contribution is 0.574. The van der Waals surface area contributed by atoms with Gasteiger partial charge in [-0.15, -0.1) is 0 Å². The van der Waals surface area contributed by atoms with E-state index in [1.165, 1.54) is 22.5 Å². The van der Waals surface area contributed by atoms with Crippen LogP contribution in [0.5, 0.6) is 0 Å². The summed E-state index contributed by atoms with van der Waals surface area (Å²) >= 11 is 0. The second-order valence-electron chi connectivity index (χ2n) is 4.48. The summed E-state index contributed by atoms with van der Waals surface area (Å²) in [5.74, 6) is 0.127. The fraction of sp³-hybridized carbons (Fsp3) is 0.455. The van der Waals surface area contributed by atoms with Crippen molar-refractivity contribution in [3.63, 3.8) is 0 Å². The summed E-state index contributed by atoms with van der Waals surface area (Å²) < 4.78 is 47.8.